The third kappa shape index (κ3) is 2.01. The van der Waals surface area contributed by atoms with E-state index in [1.54, 1.807) is 0 Å². The van der Waals surface area contributed by atoms with Crippen LogP contribution in [0.25, 0.3) is 22.0 Å². The van der Waals surface area contributed by atoms with Crippen molar-refractivity contribution >= 4 is 16.7 Å². The van der Waals surface area contributed by atoms with Crippen LogP contribution in [0.3, 0.4) is 0 Å². The first kappa shape index (κ1) is 12.6. The average Bonchev–Trinajstić information content (AvgIpc) is 2.38. The molecule has 0 saturated heterocycles. The van der Waals surface area contributed by atoms with Gasteiger partial charge in [0.05, 0.1) is 5.69 Å². The van der Waals surface area contributed by atoms with Gasteiger partial charge in [0.25, 0.3) is 0 Å². The van der Waals surface area contributed by atoms with Crippen molar-refractivity contribution in [3.8, 4) is 11.3 Å². The Kier molecular flexibility index (Phi) is 2.90. The maximum Gasteiger partial charge on any atom is 0.220 e. The number of benzene rings is 2. The fourth-order valence-corrected chi connectivity index (χ4v) is 2.75. The Labute approximate surface area is 118 Å². The second-order valence-corrected chi connectivity index (χ2v) is 5.18. The zero-order chi connectivity index (χ0) is 14.3. The Morgan fingerprint density at radius 3 is 2.40 bits per heavy atom. The number of fused-ring (bicyclic) bond motifs is 1. The monoisotopic (exact) mass is 263 g/mol. The van der Waals surface area contributed by atoms with Gasteiger partial charge >= 0.3 is 0 Å². The Morgan fingerprint density at radius 2 is 1.65 bits per heavy atom. The van der Waals surface area contributed by atoms with Crippen LogP contribution in [-0.2, 0) is 0 Å². The molecular formula is C17H17N3. The van der Waals surface area contributed by atoms with E-state index >= 15 is 0 Å². The summed E-state index contributed by atoms with van der Waals surface area (Å²) in [6.45, 7) is 6.21. The summed E-state index contributed by atoms with van der Waals surface area (Å²) in [6, 6.07) is 12.6. The summed E-state index contributed by atoms with van der Waals surface area (Å²) < 4.78 is 0. The Hall–Kier alpha value is -2.42. The Balaban J connectivity index is 2.37. The van der Waals surface area contributed by atoms with E-state index in [1.807, 2.05) is 13.0 Å². The highest BCUT2D eigenvalue weighted by atomic mass is 15.0. The molecule has 0 aliphatic heterocycles. The molecule has 3 nitrogen and oxygen atoms in total. The second kappa shape index (κ2) is 4.60. The maximum absolute atomic E-state index is 5.78. The van der Waals surface area contributed by atoms with E-state index in [0.29, 0.717) is 5.95 Å². The van der Waals surface area contributed by atoms with Crippen molar-refractivity contribution in [2.45, 2.75) is 20.8 Å². The number of rotatable bonds is 1. The molecule has 0 spiro atoms. The van der Waals surface area contributed by atoms with Crippen molar-refractivity contribution in [3.05, 3.63) is 53.2 Å². The summed E-state index contributed by atoms with van der Waals surface area (Å²) in [7, 11) is 0. The number of anilines is 1. The van der Waals surface area contributed by atoms with Gasteiger partial charge in [-0.2, -0.15) is 0 Å². The molecule has 1 aromatic heterocycles. The highest BCUT2D eigenvalue weighted by Gasteiger charge is 2.10. The van der Waals surface area contributed by atoms with Gasteiger partial charge in [-0.1, -0.05) is 30.3 Å². The predicted octanol–water partition coefficient (Wildman–Crippen LogP) is 3.80. The molecule has 0 bridgehead atoms. The van der Waals surface area contributed by atoms with E-state index in [1.165, 1.54) is 21.9 Å². The lowest BCUT2D eigenvalue weighted by Crippen LogP contribution is -1.99. The van der Waals surface area contributed by atoms with E-state index in [0.717, 1.165) is 17.0 Å². The number of nitrogens with zero attached hydrogens (tertiary/aromatic N) is 2. The van der Waals surface area contributed by atoms with Crippen molar-refractivity contribution in [3.63, 3.8) is 0 Å². The summed E-state index contributed by atoms with van der Waals surface area (Å²) in [5.74, 6) is 0.321. The van der Waals surface area contributed by atoms with Gasteiger partial charge in [-0.15, -0.1) is 0 Å². The van der Waals surface area contributed by atoms with Crippen molar-refractivity contribution in [2.24, 2.45) is 0 Å². The van der Waals surface area contributed by atoms with Gasteiger partial charge in [0.1, 0.15) is 0 Å². The van der Waals surface area contributed by atoms with Gasteiger partial charge in [0, 0.05) is 11.3 Å². The first-order chi connectivity index (χ1) is 9.56. The smallest absolute Gasteiger partial charge is 0.220 e. The SMILES string of the molecule is Cc1cc(-c2ccc(C)c3c(C)cccc23)nc(N)n1. The number of aryl methyl sites for hydroxylation is 3. The summed E-state index contributed by atoms with van der Waals surface area (Å²) in [4.78, 5) is 8.52. The first-order valence-corrected chi connectivity index (χ1v) is 6.67. The molecule has 0 aliphatic rings. The molecule has 0 fully saturated rings. The average molecular weight is 263 g/mol. The lowest BCUT2D eigenvalue weighted by molar-refractivity contribution is 1.12. The standard InChI is InChI=1S/C17H17N3/c1-10-5-4-6-14-13(8-7-11(2)16(10)14)15-9-12(3)19-17(18)20-15/h4-9H,1-3H3,(H2,18,19,20). The second-order valence-electron chi connectivity index (χ2n) is 5.18. The fourth-order valence-electron chi connectivity index (χ4n) is 2.75. The van der Waals surface area contributed by atoms with Crippen LogP contribution in [0.15, 0.2) is 36.4 Å². The molecule has 0 amide bonds. The minimum atomic E-state index is 0.321. The summed E-state index contributed by atoms with van der Waals surface area (Å²) in [5.41, 5.74) is 11.2. The van der Waals surface area contributed by atoms with E-state index in [2.05, 4.69) is 54.1 Å². The normalized spacial score (nSPS) is 10.9. The van der Waals surface area contributed by atoms with Gasteiger partial charge in [-0.25, -0.2) is 9.97 Å². The maximum atomic E-state index is 5.78. The van der Waals surface area contributed by atoms with Crippen LogP contribution in [-0.4, -0.2) is 9.97 Å². The zero-order valence-corrected chi connectivity index (χ0v) is 11.9. The van der Waals surface area contributed by atoms with E-state index in [9.17, 15) is 0 Å². The van der Waals surface area contributed by atoms with E-state index in [4.69, 9.17) is 5.73 Å². The minimum Gasteiger partial charge on any atom is -0.368 e. The molecule has 3 rings (SSSR count). The highest BCUT2D eigenvalue weighted by molar-refractivity contribution is 5.99. The largest absolute Gasteiger partial charge is 0.368 e. The van der Waals surface area contributed by atoms with Crippen LogP contribution in [0, 0.1) is 20.8 Å². The first-order valence-electron chi connectivity index (χ1n) is 6.67. The van der Waals surface area contributed by atoms with Crippen molar-refractivity contribution in [2.75, 3.05) is 5.73 Å². The van der Waals surface area contributed by atoms with Crippen molar-refractivity contribution in [1.82, 2.24) is 9.97 Å². The minimum absolute atomic E-state index is 0.321. The summed E-state index contributed by atoms with van der Waals surface area (Å²) in [5, 5.41) is 2.50. The summed E-state index contributed by atoms with van der Waals surface area (Å²) in [6.07, 6.45) is 0. The molecule has 0 radical (unpaired) electrons. The molecule has 2 aromatic carbocycles. The fraction of sp³-hybridized carbons (Fsp3) is 0.176. The molecule has 3 aromatic rings. The number of hydrogen-bond donors (Lipinski definition) is 1. The number of nitrogen functional groups attached to an aromatic ring is 1. The molecule has 100 valence electrons. The quantitative estimate of drug-likeness (QED) is 0.726. The molecule has 0 saturated carbocycles. The molecule has 3 heteroatoms. The Morgan fingerprint density at radius 1 is 0.900 bits per heavy atom. The molecule has 2 N–H and O–H groups in total. The third-order valence-corrected chi connectivity index (χ3v) is 3.60. The van der Waals surface area contributed by atoms with Gasteiger partial charge in [0.2, 0.25) is 5.95 Å². The van der Waals surface area contributed by atoms with Crippen LogP contribution in [0.2, 0.25) is 0 Å². The van der Waals surface area contributed by atoms with Crippen molar-refractivity contribution in [1.29, 1.82) is 0 Å². The molecule has 20 heavy (non-hydrogen) atoms. The molecular weight excluding hydrogens is 246 g/mol. The van der Waals surface area contributed by atoms with E-state index < -0.39 is 0 Å². The van der Waals surface area contributed by atoms with Gasteiger partial charge < -0.3 is 5.73 Å². The third-order valence-electron chi connectivity index (χ3n) is 3.60. The van der Waals surface area contributed by atoms with Crippen LogP contribution < -0.4 is 5.73 Å². The van der Waals surface area contributed by atoms with Crippen LogP contribution in [0.4, 0.5) is 5.95 Å². The lowest BCUT2D eigenvalue weighted by atomic mass is 9.95. The number of aromatic nitrogens is 2. The van der Waals surface area contributed by atoms with Gasteiger partial charge in [0.15, 0.2) is 0 Å². The predicted molar refractivity (Wildman–Crippen MR) is 83.6 cm³/mol. The number of hydrogen-bond acceptors (Lipinski definition) is 3. The number of nitrogens with two attached hydrogens (primary N) is 1. The molecule has 0 aliphatic carbocycles. The Bertz CT molecular complexity index is 778. The van der Waals surface area contributed by atoms with Gasteiger partial charge in [-0.05, 0) is 48.7 Å². The van der Waals surface area contributed by atoms with E-state index in [-0.39, 0.29) is 0 Å². The van der Waals surface area contributed by atoms with Crippen LogP contribution in [0.5, 0.6) is 0 Å². The van der Waals surface area contributed by atoms with Crippen LogP contribution in [0.1, 0.15) is 16.8 Å². The van der Waals surface area contributed by atoms with Crippen molar-refractivity contribution < 1.29 is 0 Å². The summed E-state index contributed by atoms with van der Waals surface area (Å²) >= 11 is 0. The molecule has 0 unspecified atom stereocenters. The highest BCUT2D eigenvalue weighted by Crippen LogP contribution is 2.31. The molecule has 1 heterocycles. The van der Waals surface area contributed by atoms with Crippen LogP contribution >= 0.6 is 0 Å². The topological polar surface area (TPSA) is 51.8 Å². The lowest BCUT2D eigenvalue weighted by Gasteiger charge is -2.11. The zero-order valence-electron chi connectivity index (χ0n) is 11.9. The van der Waals surface area contributed by atoms with Gasteiger partial charge in [-0.3, -0.25) is 0 Å². The molecule has 0 atom stereocenters.